The summed E-state index contributed by atoms with van der Waals surface area (Å²) in [6.07, 6.45) is 1.76. The predicted octanol–water partition coefficient (Wildman–Crippen LogP) is 4.24. The molecule has 0 saturated carbocycles. The number of hydrogen-bond donors (Lipinski definition) is 2. The lowest BCUT2D eigenvalue weighted by molar-refractivity contribution is 0.0523. The lowest BCUT2D eigenvalue weighted by atomic mass is 9.73. The molecule has 0 amide bonds. The maximum absolute atomic E-state index is 6.26. The molecule has 1 fully saturated rings. The second-order valence-electron chi connectivity index (χ2n) is 7.51. The van der Waals surface area contributed by atoms with Crippen LogP contribution in [0.3, 0.4) is 0 Å². The van der Waals surface area contributed by atoms with Crippen molar-refractivity contribution in [3.05, 3.63) is 59.2 Å². The zero-order chi connectivity index (χ0) is 20.7. The van der Waals surface area contributed by atoms with Crippen molar-refractivity contribution in [1.29, 1.82) is 0 Å². The standard InChI is InChI=1S/C23H31N3O3.HI/c1-17-8-9-21(28-3)19(14-17)23(10-12-29-13-11-23)16-25-22(24)26-20-7-5-4-6-18(20)15-27-2;/h4-9,14H,10-13,15-16H2,1-3H3,(H3,24,25,26);1H. The van der Waals surface area contributed by atoms with Gasteiger partial charge in [0.1, 0.15) is 5.75 Å². The number of anilines is 1. The largest absolute Gasteiger partial charge is 0.496 e. The van der Waals surface area contributed by atoms with E-state index in [-0.39, 0.29) is 29.4 Å². The van der Waals surface area contributed by atoms with Crippen LogP contribution in [0.2, 0.25) is 0 Å². The minimum atomic E-state index is -0.159. The fraction of sp³-hybridized carbons (Fsp3) is 0.435. The molecule has 0 spiro atoms. The fourth-order valence-electron chi connectivity index (χ4n) is 3.85. The molecule has 3 N–H and O–H groups in total. The highest BCUT2D eigenvalue weighted by Crippen LogP contribution is 2.40. The van der Waals surface area contributed by atoms with Crippen LogP contribution < -0.4 is 15.8 Å². The molecule has 0 unspecified atom stereocenters. The van der Waals surface area contributed by atoms with Crippen LogP contribution in [-0.2, 0) is 21.5 Å². The van der Waals surface area contributed by atoms with Crippen molar-refractivity contribution in [2.24, 2.45) is 10.7 Å². The third kappa shape index (κ3) is 5.86. The Hall–Kier alpha value is -1.84. The SMILES string of the molecule is COCc1ccccc1NC(N)=NCC1(c2cc(C)ccc2OC)CCOCC1.I. The molecule has 7 heteroatoms. The third-order valence-electron chi connectivity index (χ3n) is 5.51. The molecular formula is C23H32IN3O3. The number of benzene rings is 2. The molecule has 1 aliphatic heterocycles. The molecule has 0 bridgehead atoms. The van der Waals surface area contributed by atoms with Crippen molar-refractivity contribution in [3.8, 4) is 5.75 Å². The van der Waals surface area contributed by atoms with E-state index in [0.717, 1.165) is 29.8 Å². The van der Waals surface area contributed by atoms with Gasteiger partial charge in [0.05, 0.1) is 20.3 Å². The lowest BCUT2D eigenvalue weighted by Crippen LogP contribution is -2.38. The van der Waals surface area contributed by atoms with Gasteiger partial charge in [0.2, 0.25) is 0 Å². The molecule has 2 aromatic carbocycles. The van der Waals surface area contributed by atoms with Crippen LogP contribution >= 0.6 is 24.0 Å². The van der Waals surface area contributed by atoms with Gasteiger partial charge in [-0.25, -0.2) is 0 Å². The highest BCUT2D eigenvalue weighted by Gasteiger charge is 2.37. The van der Waals surface area contributed by atoms with Gasteiger partial charge in [0.25, 0.3) is 0 Å². The Morgan fingerprint density at radius 2 is 1.90 bits per heavy atom. The molecule has 3 rings (SSSR count). The maximum atomic E-state index is 6.26. The first-order chi connectivity index (χ1) is 14.1. The second kappa shape index (κ2) is 11.5. The van der Waals surface area contributed by atoms with Gasteiger partial charge in [-0.1, -0.05) is 35.9 Å². The average molecular weight is 525 g/mol. The van der Waals surface area contributed by atoms with E-state index < -0.39 is 0 Å². The van der Waals surface area contributed by atoms with Crippen molar-refractivity contribution in [1.82, 2.24) is 0 Å². The van der Waals surface area contributed by atoms with Crippen molar-refractivity contribution in [3.63, 3.8) is 0 Å². The number of methoxy groups -OCH3 is 2. The second-order valence-corrected chi connectivity index (χ2v) is 7.51. The molecule has 0 atom stereocenters. The van der Waals surface area contributed by atoms with Crippen LogP contribution in [0.15, 0.2) is 47.5 Å². The number of guanidine groups is 1. The van der Waals surface area contributed by atoms with Crippen molar-refractivity contribution in [2.45, 2.75) is 31.8 Å². The van der Waals surface area contributed by atoms with Crippen LogP contribution in [0, 0.1) is 6.92 Å². The van der Waals surface area contributed by atoms with Crippen LogP contribution in [0.1, 0.15) is 29.5 Å². The monoisotopic (exact) mass is 525 g/mol. The number of ether oxygens (including phenoxy) is 3. The maximum Gasteiger partial charge on any atom is 0.193 e. The van der Waals surface area contributed by atoms with Crippen molar-refractivity contribution < 1.29 is 14.2 Å². The summed E-state index contributed by atoms with van der Waals surface area (Å²) in [5, 5.41) is 3.23. The van der Waals surface area contributed by atoms with Gasteiger partial charge in [-0.15, -0.1) is 24.0 Å². The van der Waals surface area contributed by atoms with Crippen molar-refractivity contribution in [2.75, 3.05) is 39.3 Å². The molecule has 1 saturated heterocycles. The highest BCUT2D eigenvalue weighted by atomic mass is 127. The highest BCUT2D eigenvalue weighted by molar-refractivity contribution is 14.0. The molecule has 0 aromatic heterocycles. The zero-order valence-corrected chi connectivity index (χ0v) is 20.3. The molecule has 30 heavy (non-hydrogen) atoms. The number of hydrogen-bond acceptors (Lipinski definition) is 4. The van der Waals surface area contributed by atoms with Crippen LogP contribution in [0.5, 0.6) is 5.75 Å². The average Bonchev–Trinajstić information content (AvgIpc) is 2.74. The lowest BCUT2D eigenvalue weighted by Gasteiger charge is -2.37. The van der Waals surface area contributed by atoms with Gasteiger partial charge in [-0.3, -0.25) is 4.99 Å². The number of aryl methyl sites for hydroxylation is 1. The van der Waals surface area contributed by atoms with E-state index in [1.807, 2.05) is 30.3 Å². The molecule has 0 aliphatic carbocycles. The van der Waals surface area contributed by atoms with Crippen LogP contribution in [0.25, 0.3) is 0 Å². The number of rotatable bonds is 7. The molecule has 1 aliphatic rings. The van der Waals surface area contributed by atoms with Gasteiger partial charge in [0.15, 0.2) is 5.96 Å². The van der Waals surface area contributed by atoms with Crippen LogP contribution in [0.4, 0.5) is 5.69 Å². The first kappa shape index (κ1) is 24.4. The number of halogens is 1. The predicted molar refractivity (Wildman–Crippen MR) is 132 cm³/mol. The Labute approximate surface area is 196 Å². The minimum Gasteiger partial charge on any atom is -0.496 e. The third-order valence-corrected chi connectivity index (χ3v) is 5.51. The van der Waals surface area contributed by atoms with E-state index in [0.29, 0.717) is 32.3 Å². The summed E-state index contributed by atoms with van der Waals surface area (Å²) in [5.74, 6) is 1.29. The van der Waals surface area contributed by atoms with Gasteiger partial charge < -0.3 is 25.3 Å². The summed E-state index contributed by atoms with van der Waals surface area (Å²) in [4.78, 5) is 4.73. The first-order valence-electron chi connectivity index (χ1n) is 9.94. The summed E-state index contributed by atoms with van der Waals surface area (Å²) in [6.45, 7) is 4.59. The molecule has 2 aromatic rings. The first-order valence-corrected chi connectivity index (χ1v) is 9.94. The van der Waals surface area contributed by atoms with E-state index in [4.69, 9.17) is 24.9 Å². The molecule has 1 heterocycles. The molecule has 6 nitrogen and oxygen atoms in total. The molecule has 0 radical (unpaired) electrons. The van der Waals surface area contributed by atoms with Gasteiger partial charge >= 0.3 is 0 Å². The summed E-state index contributed by atoms with van der Waals surface area (Å²) in [6, 6.07) is 14.2. The smallest absolute Gasteiger partial charge is 0.193 e. The summed E-state index contributed by atoms with van der Waals surface area (Å²) >= 11 is 0. The Balaban J connectivity index is 0.00000320. The van der Waals surface area contributed by atoms with Crippen LogP contribution in [-0.4, -0.2) is 39.9 Å². The van der Waals surface area contributed by atoms with E-state index in [1.54, 1.807) is 14.2 Å². The number of nitrogens with zero attached hydrogens (tertiary/aromatic N) is 1. The van der Waals surface area contributed by atoms with E-state index in [9.17, 15) is 0 Å². The molecule has 164 valence electrons. The Morgan fingerprint density at radius 1 is 1.17 bits per heavy atom. The summed E-state index contributed by atoms with van der Waals surface area (Å²) < 4.78 is 16.6. The summed E-state index contributed by atoms with van der Waals surface area (Å²) in [7, 11) is 3.39. The van der Waals surface area contributed by atoms with Crippen molar-refractivity contribution >= 4 is 35.6 Å². The Kier molecular flexibility index (Phi) is 9.38. The Morgan fingerprint density at radius 3 is 2.60 bits per heavy atom. The van der Waals surface area contributed by atoms with E-state index in [2.05, 4.69) is 24.4 Å². The van der Waals surface area contributed by atoms with Gasteiger partial charge in [-0.2, -0.15) is 0 Å². The number of aliphatic imine (C=N–C) groups is 1. The van der Waals surface area contributed by atoms with Gasteiger partial charge in [-0.05, 0) is 31.9 Å². The van der Waals surface area contributed by atoms with Gasteiger partial charge in [0, 0.05) is 42.6 Å². The normalized spacial score (nSPS) is 15.9. The van der Waals surface area contributed by atoms with E-state index in [1.165, 1.54) is 11.1 Å². The minimum absolute atomic E-state index is 0. The number of para-hydroxylation sites is 1. The molecular weight excluding hydrogens is 493 g/mol. The zero-order valence-electron chi connectivity index (χ0n) is 17.9. The quantitative estimate of drug-likeness (QED) is 0.321. The topological polar surface area (TPSA) is 78.1 Å². The number of nitrogens with one attached hydrogen (secondary N) is 1. The fourth-order valence-corrected chi connectivity index (χ4v) is 3.85. The number of nitrogens with two attached hydrogens (primary N) is 1. The van der Waals surface area contributed by atoms with E-state index >= 15 is 0 Å². The Bertz CT molecular complexity index is 851. The summed E-state index contributed by atoms with van der Waals surface area (Å²) in [5.41, 5.74) is 10.4.